The van der Waals surface area contributed by atoms with Crippen molar-refractivity contribution in [2.75, 3.05) is 57.8 Å². The smallest absolute Gasteiger partial charge is 0.407 e. The molecule has 0 aromatic carbocycles. The summed E-state index contributed by atoms with van der Waals surface area (Å²) in [5.74, 6) is 0.676. The number of hydrogen-bond donors (Lipinski definition) is 2. The van der Waals surface area contributed by atoms with Crippen molar-refractivity contribution in [2.45, 2.75) is 26.3 Å². The SMILES string of the molecule is CCOc1ncccc1-c1ccc(N2CCN(C(=O)O)C[C@H]2CC)c(C(=O)NCC2CN(C)C2)n1. The Morgan fingerprint density at radius 2 is 1.97 bits per heavy atom. The first-order valence-electron chi connectivity index (χ1n) is 12.2. The van der Waals surface area contributed by atoms with Crippen LogP contribution in [0.15, 0.2) is 30.5 Å². The molecule has 2 N–H and O–H groups in total. The first-order valence-corrected chi connectivity index (χ1v) is 12.2. The second kappa shape index (κ2) is 10.9. The zero-order valence-corrected chi connectivity index (χ0v) is 20.6. The second-order valence-electron chi connectivity index (χ2n) is 9.13. The van der Waals surface area contributed by atoms with Crippen molar-refractivity contribution in [3.05, 3.63) is 36.2 Å². The Labute approximate surface area is 205 Å². The first-order chi connectivity index (χ1) is 16.9. The highest BCUT2D eigenvalue weighted by Gasteiger charge is 2.32. The zero-order valence-electron chi connectivity index (χ0n) is 20.6. The molecule has 4 heterocycles. The third-order valence-electron chi connectivity index (χ3n) is 6.64. The Morgan fingerprint density at radius 1 is 1.17 bits per heavy atom. The van der Waals surface area contributed by atoms with E-state index in [2.05, 4.69) is 27.1 Å². The maximum absolute atomic E-state index is 13.4. The highest BCUT2D eigenvalue weighted by Crippen LogP contribution is 2.31. The number of nitrogens with zero attached hydrogens (tertiary/aromatic N) is 5. The number of rotatable bonds is 8. The Kier molecular flexibility index (Phi) is 7.70. The maximum atomic E-state index is 13.4. The fourth-order valence-electron chi connectivity index (χ4n) is 4.81. The first kappa shape index (κ1) is 24.7. The van der Waals surface area contributed by atoms with Crippen molar-refractivity contribution in [1.29, 1.82) is 0 Å². The molecule has 0 bridgehead atoms. The number of carboxylic acid groups (broad SMARTS) is 1. The Hall–Kier alpha value is -3.40. The minimum absolute atomic E-state index is 0.0447. The van der Waals surface area contributed by atoms with Crippen LogP contribution in [0.4, 0.5) is 10.5 Å². The van der Waals surface area contributed by atoms with Crippen LogP contribution in [0.5, 0.6) is 5.88 Å². The van der Waals surface area contributed by atoms with Gasteiger partial charge in [-0.25, -0.2) is 14.8 Å². The van der Waals surface area contributed by atoms with Gasteiger partial charge < -0.3 is 29.9 Å². The van der Waals surface area contributed by atoms with Crippen LogP contribution in [0, 0.1) is 5.92 Å². The number of piperazine rings is 1. The van der Waals surface area contributed by atoms with Gasteiger partial charge in [0.1, 0.15) is 0 Å². The van der Waals surface area contributed by atoms with Crippen LogP contribution in [-0.4, -0.2) is 95.8 Å². The summed E-state index contributed by atoms with van der Waals surface area (Å²) < 4.78 is 5.69. The van der Waals surface area contributed by atoms with E-state index in [1.165, 1.54) is 4.90 Å². The molecule has 0 radical (unpaired) electrons. The Balaban J connectivity index is 1.67. The molecule has 2 aliphatic rings. The molecular formula is C25H34N6O4. The summed E-state index contributed by atoms with van der Waals surface area (Å²) in [4.78, 5) is 39.9. The van der Waals surface area contributed by atoms with E-state index < -0.39 is 6.09 Å². The van der Waals surface area contributed by atoms with Crippen LogP contribution in [0.1, 0.15) is 30.8 Å². The Bertz CT molecular complexity index is 1060. The number of anilines is 1. The van der Waals surface area contributed by atoms with E-state index in [0.29, 0.717) is 56.0 Å². The van der Waals surface area contributed by atoms with Gasteiger partial charge in [-0.15, -0.1) is 0 Å². The zero-order chi connectivity index (χ0) is 24.9. The van der Waals surface area contributed by atoms with Crippen LogP contribution < -0.4 is 15.0 Å². The van der Waals surface area contributed by atoms with Crippen LogP contribution >= 0.6 is 0 Å². The molecule has 188 valence electrons. The third-order valence-corrected chi connectivity index (χ3v) is 6.64. The van der Waals surface area contributed by atoms with Crippen molar-refractivity contribution >= 4 is 17.7 Å². The van der Waals surface area contributed by atoms with E-state index in [0.717, 1.165) is 30.8 Å². The molecular weight excluding hydrogens is 448 g/mol. The van der Waals surface area contributed by atoms with Crippen molar-refractivity contribution in [2.24, 2.45) is 5.92 Å². The normalized spacial score (nSPS) is 18.8. The highest BCUT2D eigenvalue weighted by atomic mass is 16.5. The number of ether oxygens (including phenoxy) is 1. The van der Waals surface area contributed by atoms with Gasteiger partial charge in [0, 0.05) is 57.4 Å². The van der Waals surface area contributed by atoms with E-state index in [1.54, 1.807) is 6.20 Å². The molecule has 2 saturated heterocycles. The van der Waals surface area contributed by atoms with Gasteiger partial charge >= 0.3 is 6.09 Å². The lowest BCUT2D eigenvalue weighted by Gasteiger charge is -2.42. The number of amides is 2. The quantitative estimate of drug-likeness (QED) is 0.590. The maximum Gasteiger partial charge on any atom is 0.407 e. The Morgan fingerprint density at radius 3 is 2.66 bits per heavy atom. The van der Waals surface area contributed by atoms with Crippen LogP contribution in [0.25, 0.3) is 11.3 Å². The van der Waals surface area contributed by atoms with Crippen molar-refractivity contribution in [3.63, 3.8) is 0 Å². The summed E-state index contributed by atoms with van der Waals surface area (Å²) in [7, 11) is 2.06. The number of pyridine rings is 2. The highest BCUT2D eigenvalue weighted by molar-refractivity contribution is 5.98. The summed E-state index contributed by atoms with van der Waals surface area (Å²) >= 11 is 0. The van der Waals surface area contributed by atoms with Gasteiger partial charge in [0.05, 0.1) is 23.6 Å². The van der Waals surface area contributed by atoms with Crippen molar-refractivity contribution in [3.8, 4) is 17.1 Å². The molecule has 0 aliphatic carbocycles. The lowest BCUT2D eigenvalue weighted by atomic mass is 10.0. The number of nitrogens with one attached hydrogen (secondary N) is 1. The molecule has 4 rings (SSSR count). The molecule has 2 aromatic heterocycles. The number of likely N-dealkylation sites (tertiary alicyclic amines) is 1. The van der Waals surface area contributed by atoms with Crippen LogP contribution in [-0.2, 0) is 0 Å². The largest absolute Gasteiger partial charge is 0.477 e. The minimum atomic E-state index is -0.917. The minimum Gasteiger partial charge on any atom is -0.477 e. The number of hydrogen-bond acceptors (Lipinski definition) is 7. The van der Waals surface area contributed by atoms with Gasteiger partial charge in [0.15, 0.2) is 5.69 Å². The van der Waals surface area contributed by atoms with E-state index in [1.807, 2.05) is 38.1 Å². The third kappa shape index (κ3) is 5.48. The van der Waals surface area contributed by atoms with Gasteiger partial charge in [-0.1, -0.05) is 6.92 Å². The summed E-state index contributed by atoms with van der Waals surface area (Å²) in [5, 5.41) is 12.5. The topological polar surface area (TPSA) is 111 Å². The van der Waals surface area contributed by atoms with Crippen LogP contribution in [0.3, 0.4) is 0 Å². The summed E-state index contributed by atoms with van der Waals surface area (Å²) in [6, 6.07) is 7.45. The number of aromatic nitrogens is 2. The molecule has 2 aromatic rings. The average molecular weight is 483 g/mol. The summed E-state index contributed by atoms with van der Waals surface area (Å²) in [6.07, 6.45) is 1.50. The molecule has 10 nitrogen and oxygen atoms in total. The van der Waals surface area contributed by atoms with Gasteiger partial charge in [-0.05, 0) is 44.7 Å². The molecule has 2 fully saturated rings. The number of carbonyl (C=O) groups is 2. The van der Waals surface area contributed by atoms with Gasteiger partial charge in [0.2, 0.25) is 5.88 Å². The molecule has 10 heteroatoms. The fourth-order valence-corrected chi connectivity index (χ4v) is 4.81. The van der Waals surface area contributed by atoms with E-state index in [4.69, 9.17) is 9.72 Å². The van der Waals surface area contributed by atoms with E-state index in [-0.39, 0.29) is 11.9 Å². The van der Waals surface area contributed by atoms with Crippen LogP contribution in [0.2, 0.25) is 0 Å². The predicted octanol–water partition coefficient (Wildman–Crippen LogP) is 2.41. The van der Waals surface area contributed by atoms with E-state index >= 15 is 0 Å². The number of carbonyl (C=O) groups excluding carboxylic acids is 1. The second-order valence-corrected chi connectivity index (χ2v) is 9.13. The summed E-state index contributed by atoms with van der Waals surface area (Å²) in [6.45, 7) is 8.17. The summed E-state index contributed by atoms with van der Waals surface area (Å²) in [5.41, 5.74) is 2.38. The lowest BCUT2D eigenvalue weighted by Crippen LogP contribution is -2.55. The predicted molar refractivity (Wildman–Crippen MR) is 133 cm³/mol. The van der Waals surface area contributed by atoms with Gasteiger partial charge in [-0.3, -0.25) is 4.79 Å². The molecule has 0 spiro atoms. The standard InChI is InChI=1S/C25H34N6O4/c1-4-18-16-30(25(33)34)11-12-31(18)21-9-8-20(19-7-6-10-26-24(19)35-5-2)28-22(21)23(32)27-13-17-14-29(3)15-17/h6-10,17-18H,4-5,11-16H2,1-3H3,(H,27,32)(H,33,34)/t18-/m1/s1. The average Bonchev–Trinajstić information content (AvgIpc) is 2.85. The molecule has 0 saturated carbocycles. The van der Waals surface area contributed by atoms with E-state index in [9.17, 15) is 14.7 Å². The van der Waals surface area contributed by atoms with Crippen molar-refractivity contribution < 1.29 is 19.4 Å². The van der Waals surface area contributed by atoms with Gasteiger partial charge in [0.25, 0.3) is 5.91 Å². The molecule has 35 heavy (non-hydrogen) atoms. The van der Waals surface area contributed by atoms with Crippen molar-refractivity contribution in [1.82, 2.24) is 25.1 Å². The fraction of sp³-hybridized carbons (Fsp3) is 0.520. The monoisotopic (exact) mass is 482 g/mol. The molecule has 1 atom stereocenters. The molecule has 0 unspecified atom stereocenters. The molecule has 2 aliphatic heterocycles. The molecule has 2 amide bonds. The van der Waals surface area contributed by atoms with Gasteiger partial charge in [-0.2, -0.15) is 0 Å². The lowest BCUT2D eigenvalue weighted by molar-refractivity contribution is 0.0893.